The van der Waals surface area contributed by atoms with Crippen molar-refractivity contribution in [3.8, 4) is 0 Å². The Kier molecular flexibility index (Phi) is 32.2. The standard InChI is InChI=1S/C5H11NOS.C2H6.CH3NOS.Li.H/c1-3-6(4-2)5(7)8;1-2;2-1(3)4;;/h3-4H2,1-2H3,(H,7,8);1-2H3;(H3,2,3,4);;/q;;;+1;-1. The van der Waals surface area contributed by atoms with Crippen LogP contribution in [0, 0.1) is 0 Å². The number of hydrogen-bond donors (Lipinski definition) is 3. The molecule has 0 fully saturated rings. The molecule has 0 aliphatic carbocycles. The van der Waals surface area contributed by atoms with Gasteiger partial charge in [-0.15, -0.1) is 0 Å². The Morgan fingerprint density at radius 1 is 1.20 bits per heavy atom. The van der Waals surface area contributed by atoms with Gasteiger partial charge >= 0.3 is 18.9 Å². The molecule has 0 aromatic carbocycles. The van der Waals surface area contributed by atoms with Crippen molar-refractivity contribution in [3.05, 3.63) is 0 Å². The first-order chi connectivity index (χ1) is 6.45. The SMILES string of the molecule is CC.CCN(CC)C(=O)S.NC(=O)S.[H-].[Li+]. The molecule has 0 saturated heterocycles. The van der Waals surface area contributed by atoms with Crippen LogP contribution in [0.15, 0.2) is 0 Å². The van der Waals surface area contributed by atoms with Crippen molar-refractivity contribution < 1.29 is 29.9 Å². The molecule has 0 radical (unpaired) electrons. The molecule has 0 rings (SSSR count). The van der Waals surface area contributed by atoms with Gasteiger partial charge in [-0.1, -0.05) is 39.1 Å². The molecule has 0 aliphatic rings. The van der Waals surface area contributed by atoms with Gasteiger partial charge in [-0.3, -0.25) is 9.59 Å². The first kappa shape index (κ1) is 24.5. The zero-order valence-electron chi connectivity index (χ0n) is 11.1. The van der Waals surface area contributed by atoms with Gasteiger partial charge < -0.3 is 12.1 Å². The van der Waals surface area contributed by atoms with Gasteiger partial charge in [-0.05, 0) is 13.8 Å². The second-order valence-corrected chi connectivity index (χ2v) is 2.62. The molecule has 2 N–H and O–H groups in total. The molecule has 4 nitrogen and oxygen atoms in total. The fraction of sp³-hybridized carbons (Fsp3) is 0.750. The molecule has 0 bridgehead atoms. The smallest absolute Gasteiger partial charge is 1.00 e. The molecule has 7 heteroatoms. The predicted molar refractivity (Wildman–Crippen MR) is 68.3 cm³/mol. The molecule has 0 unspecified atom stereocenters. The molecule has 0 saturated carbocycles. The van der Waals surface area contributed by atoms with E-state index in [0.717, 1.165) is 13.1 Å². The van der Waals surface area contributed by atoms with E-state index in [9.17, 15) is 4.79 Å². The van der Waals surface area contributed by atoms with Crippen molar-refractivity contribution in [2.24, 2.45) is 5.73 Å². The Bertz CT molecular complexity index is 157. The molecule has 0 heterocycles. The molecule has 2 amide bonds. The van der Waals surface area contributed by atoms with Gasteiger partial charge in [-0.25, -0.2) is 0 Å². The Morgan fingerprint density at radius 3 is 1.40 bits per heavy atom. The maximum atomic E-state index is 10.4. The van der Waals surface area contributed by atoms with Crippen molar-refractivity contribution in [3.63, 3.8) is 0 Å². The van der Waals surface area contributed by atoms with E-state index in [1.54, 1.807) is 4.90 Å². The summed E-state index contributed by atoms with van der Waals surface area (Å²) >= 11 is 6.75. The number of hydrogen-bond acceptors (Lipinski definition) is 2. The maximum absolute atomic E-state index is 10.4. The van der Waals surface area contributed by atoms with Gasteiger partial charge in [0.25, 0.3) is 10.5 Å². The van der Waals surface area contributed by atoms with Gasteiger partial charge in [-0.2, -0.15) is 0 Å². The second kappa shape index (κ2) is 19.8. The van der Waals surface area contributed by atoms with Gasteiger partial charge in [0, 0.05) is 13.1 Å². The third-order valence-electron chi connectivity index (χ3n) is 1.03. The van der Waals surface area contributed by atoms with E-state index in [1.807, 2.05) is 27.7 Å². The van der Waals surface area contributed by atoms with E-state index in [2.05, 4.69) is 31.0 Å². The zero-order chi connectivity index (χ0) is 12.1. The monoisotopic (exact) mass is 248 g/mol. The second-order valence-electron chi connectivity index (χ2n) is 1.79. The molecule has 0 spiro atoms. The fourth-order valence-corrected chi connectivity index (χ4v) is 0.777. The summed E-state index contributed by atoms with van der Waals surface area (Å²) in [6.07, 6.45) is 0. The molecule has 0 aromatic heterocycles. The van der Waals surface area contributed by atoms with Crippen LogP contribution in [-0.4, -0.2) is 28.5 Å². The number of amides is 2. The average Bonchev–Trinajstić information content (AvgIpc) is 2.08. The van der Waals surface area contributed by atoms with Crippen LogP contribution in [0.1, 0.15) is 29.1 Å². The van der Waals surface area contributed by atoms with Crippen molar-refractivity contribution in [2.45, 2.75) is 27.7 Å². The zero-order valence-corrected chi connectivity index (χ0v) is 11.9. The molecular weight excluding hydrogens is 227 g/mol. The summed E-state index contributed by atoms with van der Waals surface area (Å²) < 4.78 is 0. The predicted octanol–water partition coefficient (Wildman–Crippen LogP) is -0.484. The largest absolute Gasteiger partial charge is 1.00 e. The van der Waals surface area contributed by atoms with E-state index in [-0.39, 0.29) is 25.5 Å². The summed E-state index contributed by atoms with van der Waals surface area (Å²) in [5.41, 5.74) is 4.34. The first-order valence-corrected chi connectivity index (χ1v) is 5.31. The minimum atomic E-state index is -0.639. The third-order valence-corrected chi connectivity index (χ3v) is 1.32. The van der Waals surface area contributed by atoms with Crippen LogP contribution in [0.25, 0.3) is 0 Å². The number of thiol groups is 2. The minimum absolute atomic E-state index is 0. The van der Waals surface area contributed by atoms with Crippen LogP contribution in [0.4, 0.5) is 9.59 Å². The van der Waals surface area contributed by atoms with Crippen molar-refractivity contribution in [1.82, 2.24) is 4.90 Å². The number of nitrogens with two attached hydrogens (primary N) is 1. The van der Waals surface area contributed by atoms with Crippen LogP contribution < -0.4 is 24.6 Å². The normalized spacial score (nSPS) is 6.80. The van der Waals surface area contributed by atoms with Gasteiger partial charge in [0.2, 0.25) is 0 Å². The summed E-state index contributed by atoms with van der Waals surface area (Å²) in [6.45, 7) is 9.35. The van der Waals surface area contributed by atoms with Gasteiger partial charge in [0.05, 0.1) is 0 Å². The topological polar surface area (TPSA) is 63.4 Å². The van der Waals surface area contributed by atoms with Crippen LogP contribution in [0.3, 0.4) is 0 Å². The quantitative estimate of drug-likeness (QED) is 0.456. The summed E-state index contributed by atoms with van der Waals surface area (Å²) in [6, 6.07) is 0. The van der Waals surface area contributed by atoms with E-state index >= 15 is 0 Å². The minimum Gasteiger partial charge on any atom is -1.00 e. The Hall–Kier alpha value is 0.237. The van der Waals surface area contributed by atoms with Crippen LogP contribution in [0.2, 0.25) is 0 Å². The average molecular weight is 248 g/mol. The van der Waals surface area contributed by atoms with Gasteiger partial charge in [0.1, 0.15) is 0 Å². The third kappa shape index (κ3) is 31.4. The van der Waals surface area contributed by atoms with Crippen LogP contribution in [-0.2, 0) is 0 Å². The fourth-order valence-electron chi connectivity index (χ4n) is 0.494. The van der Waals surface area contributed by atoms with Gasteiger partial charge in [0.15, 0.2) is 0 Å². The van der Waals surface area contributed by atoms with E-state index < -0.39 is 5.24 Å². The molecular formula is C8H21LiN2O2S2. The van der Waals surface area contributed by atoms with E-state index in [1.165, 1.54) is 0 Å². The number of nitrogens with zero attached hydrogens (tertiary/aromatic N) is 1. The summed E-state index contributed by atoms with van der Waals surface area (Å²) in [5.74, 6) is 0. The summed E-state index contributed by atoms with van der Waals surface area (Å²) in [5, 5.41) is -0.782. The number of primary amides is 1. The molecule has 0 atom stereocenters. The Labute approximate surface area is 117 Å². The van der Waals surface area contributed by atoms with Crippen molar-refractivity contribution >= 4 is 35.7 Å². The Morgan fingerprint density at radius 2 is 1.40 bits per heavy atom. The summed E-state index contributed by atoms with van der Waals surface area (Å²) in [4.78, 5) is 21.1. The Balaban J connectivity index is -0.0000000439. The van der Waals surface area contributed by atoms with Crippen LogP contribution in [0.5, 0.6) is 0 Å². The number of rotatable bonds is 2. The molecule has 0 aliphatic heterocycles. The molecule has 15 heavy (non-hydrogen) atoms. The molecule has 88 valence electrons. The van der Waals surface area contributed by atoms with Crippen LogP contribution >= 0.6 is 25.3 Å². The number of carbonyl (C=O) groups excluding carboxylic acids is 2. The van der Waals surface area contributed by atoms with Crippen molar-refractivity contribution in [2.75, 3.05) is 13.1 Å². The first-order valence-electron chi connectivity index (χ1n) is 4.41. The van der Waals surface area contributed by atoms with E-state index in [4.69, 9.17) is 4.79 Å². The van der Waals surface area contributed by atoms with E-state index in [0.29, 0.717) is 0 Å². The number of carbonyl (C=O) groups is 2. The van der Waals surface area contributed by atoms with Crippen molar-refractivity contribution in [1.29, 1.82) is 0 Å². The summed E-state index contributed by atoms with van der Waals surface area (Å²) in [7, 11) is 0. The maximum Gasteiger partial charge on any atom is 1.00 e. The molecule has 0 aromatic rings.